The van der Waals surface area contributed by atoms with E-state index in [1.807, 2.05) is 26.1 Å². The number of benzene rings is 1. The van der Waals surface area contributed by atoms with E-state index >= 15 is 0 Å². The minimum atomic E-state index is 0.780. The van der Waals surface area contributed by atoms with Crippen LogP contribution >= 0.6 is 15.9 Å². The first-order chi connectivity index (χ1) is 8.15. The molecule has 0 bridgehead atoms. The Morgan fingerprint density at radius 1 is 1.35 bits per heavy atom. The summed E-state index contributed by atoms with van der Waals surface area (Å²) in [7, 11) is 3.99. The molecule has 17 heavy (non-hydrogen) atoms. The van der Waals surface area contributed by atoms with Gasteiger partial charge in [0.15, 0.2) is 0 Å². The quantitative estimate of drug-likeness (QED) is 0.943. The van der Waals surface area contributed by atoms with Crippen molar-refractivity contribution < 1.29 is 0 Å². The van der Waals surface area contributed by atoms with Crippen molar-refractivity contribution in [3.05, 3.63) is 40.3 Å². The van der Waals surface area contributed by atoms with E-state index in [-0.39, 0.29) is 0 Å². The standard InChI is InChI=1S/C13H16BrN3/c1-9-13(10-6-4-5-7-11(10)14)17(3)12(16-9)8-15-2/h4-7,15H,8H2,1-3H3. The van der Waals surface area contributed by atoms with Crippen molar-refractivity contribution in [2.24, 2.45) is 7.05 Å². The largest absolute Gasteiger partial charge is 0.330 e. The molecule has 0 unspecified atom stereocenters. The molecule has 2 aromatic rings. The van der Waals surface area contributed by atoms with Crippen LogP contribution in [-0.4, -0.2) is 16.6 Å². The van der Waals surface area contributed by atoms with Crippen LogP contribution in [0, 0.1) is 6.92 Å². The molecule has 4 heteroatoms. The lowest BCUT2D eigenvalue weighted by atomic mass is 10.1. The van der Waals surface area contributed by atoms with E-state index < -0.39 is 0 Å². The molecule has 0 fully saturated rings. The summed E-state index contributed by atoms with van der Waals surface area (Å²) in [6.45, 7) is 2.83. The molecule has 1 aromatic heterocycles. The van der Waals surface area contributed by atoms with Crippen LogP contribution in [0.2, 0.25) is 0 Å². The second-order valence-corrected chi connectivity index (χ2v) is 4.89. The van der Waals surface area contributed by atoms with Crippen LogP contribution in [0.3, 0.4) is 0 Å². The zero-order chi connectivity index (χ0) is 12.4. The third kappa shape index (κ3) is 2.28. The van der Waals surface area contributed by atoms with Crippen molar-refractivity contribution in [1.29, 1.82) is 0 Å². The van der Waals surface area contributed by atoms with Gasteiger partial charge in [-0.15, -0.1) is 0 Å². The number of nitrogens with zero attached hydrogens (tertiary/aromatic N) is 2. The molecule has 0 saturated carbocycles. The monoisotopic (exact) mass is 293 g/mol. The van der Waals surface area contributed by atoms with Crippen molar-refractivity contribution in [1.82, 2.24) is 14.9 Å². The van der Waals surface area contributed by atoms with Gasteiger partial charge in [0, 0.05) is 17.1 Å². The van der Waals surface area contributed by atoms with Gasteiger partial charge in [0.2, 0.25) is 0 Å². The number of aryl methyl sites for hydroxylation is 1. The highest BCUT2D eigenvalue weighted by Crippen LogP contribution is 2.30. The summed E-state index contributed by atoms with van der Waals surface area (Å²) in [4.78, 5) is 4.60. The fourth-order valence-corrected chi connectivity index (χ4v) is 2.51. The SMILES string of the molecule is CNCc1nc(C)c(-c2ccccc2Br)n1C. The Hall–Kier alpha value is -1.13. The topological polar surface area (TPSA) is 29.9 Å². The molecule has 0 amide bonds. The van der Waals surface area contributed by atoms with Gasteiger partial charge in [-0.3, -0.25) is 0 Å². The lowest BCUT2D eigenvalue weighted by Gasteiger charge is -2.08. The van der Waals surface area contributed by atoms with Crippen LogP contribution in [0.15, 0.2) is 28.7 Å². The Balaban J connectivity index is 2.56. The third-order valence-corrected chi connectivity index (χ3v) is 3.52. The summed E-state index contributed by atoms with van der Waals surface area (Å²) in [6.07, 6.45) is 0. The average molecular weight is 294 g/mol. The van der Waals surface area contributed by atoms with Gasteiger partial charge >= 0.3 is 0 Å². The number of aromatic nitrogens is 2. The predicted octanol–water partition coefficient (Wildman–Crippen LogP) is 2.88. The lowest BCUT2D eigenvalue weighted by molar-refractivity contribution is 0.711. The molecular weight excluding hydrogens is 278 g/mol. The van der Waals surface area contributed by atoms with Gasteiger partial charge in [-0.1, -0.05) is 34.1 Å². The molecule has 0 spiro atoms. The molecule has 1 N–H and O–H groups in total. The second-order valence-electron chi connectivity index (χ2n) is 4.03. The first-order valence-electron chi connectivity index (χ1n) is 5.57. The van der Waals surface area contributed by atoms with E-state index in [4.69, 9.17) is 0 Å². The number of rotatable bonds is 3. The Morgan fingerprint density at radius 3 is 2.71 bits per heavy atom. The molecule has 0 aliphatic heterocycles. The third-order valence-electron chi connectivity index (χ3n) is 2.83. The van der Waals surface area contributed by atoms with Crippen molar-refractivity contribution in [3.63, 3.8) is 0 Å². The molecule has 3 nitrogen and oxygen atoms in total. The van der Waals surface area contributed by atoms with E-state index in [9.17, 15) is 0 Å². The van der Waals surface area contributed by atoms with Gasteiger partial charge in [-0.2, -0.15) is 0 Å². The maximum absolute atomic E-state index is 4.60. The van der Waals surface area contributed by atoms with Crippen molar-refractivity contribution in [3.8, 4) is 11.3 Å². The number of hydrogen-bond acceptors (Lipinski definition) is 2. The van der Waals surface area contributed by atoms with Crippen LogP contribution in [0.4, 0.5) is 0 Å². The normalized spacial score (nSPS) is 10.8. The van der Waals surface area contributed by atoms with E-state index in [0.29, 0.717) is 0 Å². The summed E-state index contributed by atoms with van der Waals surface area (Å²) in [5.41, 5.74) is 3.41. The van der Waals surface area contributed by atoms with Crippen LogP contribution < -0.4 is 5.32 Å². The maximum Gasteiger partial charge on any atom is 0.123 e. The molecule has 0 atom stereocenters. The molecule has 1 aromatic carbocycles. The number of nitrogens with one attached hydrogen (secondary N) is 1. The van der Waals surface area contributed by atoms with Gasteiger partial charge in [0.05, 0.1) is 17.9 Å². The Bertz CT molecular complexity index is 531. The Labute approximate surface area is 110 Å². The van der Waals surface area contributed by atoms with Crippen LogP contribution in [0.1, 0.15) is 11.5 Å². The molecule has 0 aliphatic carbocycles. The minimum absolute atomic E-state index is 0.780. The van der Waals surface area contributed by atoms with Gasteiger partial charge in [-0.25, -0.2) is 4.98 Å². The van der Waals surface area contributed by atoms with Gasteiger partial charge < -0.3 is 9.88 Å². The minimum Gasteiger partial charge on any atom is -0.330 e. The van der Waals surface area contributed by atoms with Crippen molar-refractivity contribution in [2.45, 2.75) is 13.5 Å². The summed E-state index contributed by atoms with van der Waals surface area (Å²) in [6, 6.07) is 8.23. The van der Waals surface area contributed by atoms with Gasteiger partial charge in [0.1, 0.15) is 5.82 Å². The van der Waals surface area contributed by atoms with E-state index in [0.717, 1.165) is 22.5 Å². The average Bonchev–Trinajstić information content (AvgIpc) is 2.57. The molecule has 1 heterocycles. The summed E-state index contributed by atoms with van der Waals surface area (Å²) < 4.78 is 3.24. The number of hydrogen-bond donors (Lipinski definition) is 1. The first kappa shape index (κ1) is 12.3. The molecular formula is C13H16BrN3. The molecule has 90 valence electrons. The zero-order valence-electron chi connectivity index (χ0n) is 10.3. The lowest BCUT2D eigenvalue weighted by Crippen LogP contribution is -2.10. The van der Waals surface area contributed by atoms with E-state index in [1.165, 1.54) is 11.3 Å². The Morgan fingerprint density at radius 2 is 2.06 bits per heavy atom. The van der Waals surface area contributed by atoms with Crippen LogP contribution in [-0.2, 0) is 13.6 Å². The molecule has 0 saturated heterocycles. The second kappa shape index (κ2) is 5.02. The molecule has 0 radical (unpaired) electrons. The number of halogens is 1. The summed E-state index contributed by atoms with van der Waals surface area (Å²) in [5, 5.41) is 3.14. The highest BCUT2D eigenvalue weighted by atomic mass is 79.9. The summed E-state index contributed by atoms with van der Waals surface area (Å²) >= 11 is 3.59. The zero-order valence-corrected chi connectivity index (χ0v) is 11.9. The van der Waals surface area contributed by atoms with Crippen LogP contribution in [0.5, 0.6) is 0 Å². The molecule has 0 aliphatic rings. The fourth-order valence-electron chi connectivity index (χ4n) is 2.04. The summed E-state index contributed by atoms with van der Waals surface area (Å²) in [5.74, 6) is 1.05. The van der Waals surface area contributed by atoms with Crippen molar-refractivity contribution >= 4 is 15.9 Å². The predicted molar refractivity (Wildman–Crippen MR) is 73.8 cm³/mol. The van der Waals surface area contributed by atoms with Gasteiger partial charge in [-0.05, 0) is 20.0 Å². The van der Waals surface area contributed by atoms with Crippen molar-refractivity contribution in [2.75, 3.05) is 7.05 Å². The van der Waals surface area contributed by atoms with E-state index in [1.54, 1.807) is 0 Å². The highest BCUT2D eigenvalue weighted by molar-refractivity contribution is 9.10. The van der Waals surface area contributed by atoms with Crippen LogP contribution in [0.25, 0.3) is 11.3 Å². The fraction of sp³-hybridized carbons (Fsp3) is 0.308. The number of imidazole rings is 1. The smallest absolute Gasteiger partial charge is 0.123 e. The highest BCUT2D eigenvalue weighted by Gasteiger charge is 2.14. The van der Waals surface area contributed by atoms with E-state index in [2.05, 4.69) is 50.0 Å². The Kier molecular flexibility index (Phi) is 3.64. The first-order valence-corrected chi connectivity index (χ1v) is 6.36. The van der Waals surface area contributed by atoms with Gasteiger partial charge in [0.25, 0.3) is 0 Å². The maximum atomic E-state index is 4.60. The molecule has 2 rings (SSSR count).